The number of rotatable bonds is 4. The second kappa shape index (κ2) is 8.49. The summed E-state index contributed by atoms with van der Waals surface area (Å²) >= 11 is 6.70. The molecule has 1 aromatic heterocycles. The highest BCUT2D eigenvalue weighted by atomic mass is 35.5. The van der Waals surface area contributed by atoms with E-state index in [2.05, 4.69) is 9.74 Å². The standard InChI is InChI=1S/C28H26ClFN4O/c1-31-23-11-8-20(16-22(23)30)25-32-26(33-15-14-28(17-33)12-2-3-13-28)24(29)27(35)34(25)21-9-6-19(7-10-21)18-4-5-18/h6-11,16,18H,2-5,12-15,17H2. The molecule has 2 aliphatic carbocycles. The number of benzene rings is 2. The van der Waals surface area contributed by atoms with Crippen LogP contribution in [0.1, 0.15) is 56.4 Å². The van der Waals surface area contributed by atoms with Crippen molar-refractivity contribution in [1.29, 1.82) is 0 Å². The maximum atomic E-state index is 14.6. The van der Waals surface area contributed by atoms with Crippen molar-refractivity contribution in [3.63, 3.8) is 0 Å². The minimum atomic E-state index is -0.634. The van der Waals surface area contributed by atoms with Gasteiger partial charge < -0.3 is 4.90 Å². The van der Waals surface area contributed by atoms with Gasteiger partial charge in [0.1, 0.15) is 16.7 Å². The number of nitrogens with zero attached hydrogens (tertiary/aromatic N) is 4. The average molecular weight is 489 g/mol. The van der Waals surface area contributed by atoms with Crippen molar-refractivity contribution in [2.75, 3.05) is 18.0 Å². The molecule has 178 valence electrons. The van der Waals surface area contributed by atoms with Crippen molar-refractivity contribution in [2.45, 2.75) is 50.9 Å². The van der Waals surface area contributed by atoms with Crippen molar-refractivity contribution in [1.82, 2.24) is 9.55 Å². The Balaban J connectivity index is 1.50. The first kappa shape index (κ1) is 22.3. The highest BCUT2D eigenvalue weighted by molar-refractivity contribution is 6.32. The molecule has 6 rings (SSSR count). The zero-order valence-electron chi connectivity index (χ0n) is 19.4. The molecule has 2 aromatic carbocycles. The van der Waals surface area contributed by atoms with Crippen LogP contribution in [0.3, 0.4) is 0 Å². The molecule has 5 nitrogen and oxygen atoms in total. The summed E-state index contributed by atoms with van der Waals surface area (Å²) in [5, 5.41) is 0.0910. The van der Waals surface area contributed by atoms with Crippen LogP contribution in [0.4, 0.5) is 15.9 Å². The third-order valence-corrected chi connectivity index (χ3v) is 8.27. The molecular formula is C28H26ClFN4O. The fourth-order valence-electron chi connectivity index (χ4n) is 5.83. The third kappa shape index (κ3) is 3.92. The Hall–Kier alpha value is -3.17. The summed E-state index contributed by atoms with van der Waals surface area (Å²) in [5.41, 5.74) is 2.18. The molecule has 3 aromatic rings. The Labute approximate surface area is 209 Å². The van der Waals surface area contributed by atoms with Gasteiger partial charge in [-0.25, -0.2) is 14.2 Å². The first-order valence-electron chi connectivity index (χ1n) is 12.3. The van der Waals surface area contributed by atoms with Crippen LogP contribution in [0.15, 0.2) is 47.3 Å². The van der Waals surface area contributed by atoms with E-state index >= 15 is 0 Å². The van der Waals surface area contributed by atoms with Crippen LogP contribution in [0, 0.1) is 17.8 Å². The SMILES string of the molecule is [C-]#[N+]c1ccc(-c2nc(N3CCC4(CCCC4)C3)c(Cl)c(=O)n2-c2ccc(C3CC3)cc2)cc1F. The van der Waals surface area contributed by atoms with Gasteiger partial charge in [-0.05, 0) is 67.2 Å². The lowest BCUT2D eigenvalue weighted by Gasteiger charge is -2.25. The van der Waals surface area contributed by atoms with E-state index in [0.29, 0.717) is 28.8 Å². The van der Waals surface area contributed by atoms with Crippen LogP contribution in [-0.2, 0) is 0 Å². The zero-order chi connectivity index (χ0) is 24.2. The van der Waals surface area contributed by atoms with E-state index in [-0.39, 0.29) is 21.7 Å². The molecule has 0 amide bonds. The fourth-order valence-corrected chi connectivity index (χ4v) is 6.08. The summed E-state index contributed by atoms with van der Waals surface area (Å²) in [4.78, 5) is 24.0. The van der Waals surface area contributed by atoms with Gasteiger partial charge in [0.15, 0.2) is 5.82 Å². The van der Waals surface area contributed by atoms with E-state index in [4.69, 9.17) is 23.2 Å². The van der Waals surface area contributed by atoms with Crippen LogP contribution in [0.5, 0.6) is 0 Å². The molecule has 2 saturated carbocycles. The zero-order valence-corrected chi connectivity index (χ0v) is 20.2. The smallest absolute Gasteiger partial charge is 0.279 e. The maximum absolute atomic E-state index is 14.6. The molecule has 0 bridgehead atoms. The van der Waals surface area contributed by atoms with E-state index in [1.807, 2.05) is 24.3 Å². The molecule has 0 unspecified atom stereocenters. The Kier molecular flexibility index (Phi) is 5.41. The minimum absolute atomic E-state index is 0.0617. The van der Waals surface area contributed by atoms with Gasteiger partial charge in [-0.3, -0.25) is 9.36 Å². The molecule has 3 fully saturated rings. The second-order valence-corrected chi connectivity index (χ2v) is 10.6. The van der Waals surface area contributed by atoms with Gasteiger partial charge in [-0.1, -0.05) is 48.7 Å². The van der Waals surface area contributed by atoms with Crippen LogP contribution < -0.4 is 10.5 Å². The normalized spacial score (nSPS) is 18.8. The summed E-state index contributed by atoms with van der Waals surface area (Å²) in [6, 6.07) is 12.3. The Morgan fingerprint density at radius 3 is 2.49 bits per heavy atom. The first-order chi connectivity index (χ1) is 17.0. The molecule has 0 N–H and O–H groups in total. The Morgan fingerprint density at radius 2 is 1.83 bits per heavy atom. The lowest BCUT2D eigenvalue weighted by Crippen LogP contribution is -2.30. The predicted molar refractivity (Wildman–Crippen MR) is 136 cm³/mol. The van der Waals surface area contributed by atoms with E-state index in [0.717, 1.165) is 19.5 Å². The lowest BCUT2D eigenvalue weighted by molar-refractivity contribution is 0.340. The van der Waals surface area contributed by atoms with E-state index in [9.17, 15) is 9.18 Å². The summed E-state index contributed by atoms with van der Waals surface area (Å²) in [7, 11) is 0. The van der Waals surface area contributed by atoms with Crippen LogP contribution in [0.25, 0.3) is 21.9 Å². The average Bonchev–Trinajstić information content (AvgIpc) is 3.49. The van der Waals surface area contributed by atoms with Crippen LogP contribution >= 0.6 is 11.6 Å². The highest BCUT2D eigenvalue weighted by Crippen LogP contribution is 2.47. The lowest BCUT2D eigenvalue weighted by atomic mass is 9.86. The molecule has 0 radical (unpaired) electrons. The maximum Gasteiger partial charge on any atom is 0.279 e. The van der Waals surface area contributed by atoms with Crippen molar-refractivity contribution >= 4 is 23.1 Å². The monoisotopic (exact) mass is 488 g/mol. The summed E-state index contributed by atoms with van der Waals surface area (Å²) in [5.74, 6) is 0.759. The molecule has 2 heterocycles. The molecule has 1 aliphatic heterocycles. The molecule has 1 spiro atoms. The largest absolute Gasteiger partial charge is 0.355 e. The van der Waals surface area contributed by atoms with Crippen molar-refractivity contribution < 1.29 is 4.39 Å². The molecule has 1 saturated heterocycles. The summed E-state index contributed by atoms with van der Waals surface area (Å²) < 4.78 is 16.1. The number of hydrogen-bond acceptors (Lipinski definition) is 3. The third-order valence-electron chi connectivity index (χ3n) is 7.94. The van der Waals surface area contributed by atoms with Gasteiger partial charge >= 0.3 is 0 Å². The van der Waals surface area contributed by atoms with Gasteiger partial charge in [-0.2, -0.15) is 0 Å². The number of anilines is 1. The van der Waals surface area contributed by atoms with Crippen molar-refractivity contribution in [3.8, 4) is 17.1 Å². The van der Waals surface area contributed by atoms with Gasteiger partial charge in [0.25, 0.3) is 5.56 Å². The van der Waals surface area contributed by atoms with Crippen LogP contribution in [0.2, 0.25) is 5.02 Å². The first-order valence-corrected chi connectivity index (χ1v) is 12.7. The Morgan fingerprint density at radius 1 is 1.09 bits per heavy atom. The van der Waals surface area contributed by atoms with Gasteiger partial charge in [0.2, 0.25) is 5.69 Å². The van der Waals surface area contributed by atoms with E-state index in [1.165, 1.54) is 60.8 Å². The predicted octanol–water partition coefficient (Wildman–Crippen LogP) is 6.89. The molecule has 7 heteroatoms. The molecular weight excluding hydrogens is 463 g/mol. The molecule has 0 atom stereocenters. The van der Waals surface area contributed by atoms with Crippen molar-refractivity contribution in [3.05, 3.63) is 80.6 Å². The van der Waals surface area contributed by atoms with Crippen LogP contribution in [-0.4, -0.2) is 22.6 Å². The Bertz CT molecular complexity index is 1400. The van der Waals surface area contributed by atoms with E-state index in [1.54, 1.807) is 6.07 Å². The van der Waals surface area contributed by atoms with E-state index < -0.39 is 5.82 Å². The number of hydrogen-bond donors (Lipinski definition) is 0. The highest BCUT2D eigenvalue weighted by Gasteiger charge is 2.41. The van der Waals surface area contributed by atoms with Gasteiger partial charge in [-0.15, -0.1) is 0 Å². The van der Waals surface area contributed by atoms with Crippen molar-refractivity contribution in [2.24, 2.45) is 5.41 Å². The second-order valence-electron chi connectivity index (χ2n) is 10.2. The topological polar surface area (TPSA) is 42.5 Å². The minimum Gasteiger partial charge on any atom is -0.355 e. The quantitative estimate of drug-likeness (QED) is 0.375. The molecule has 35 heavy (non-hydrogen) atoms. The van der Waals surface area contributed by atoms with Gasteiger partial charge in [0, 0.05) is 18.7 Å². The summed E-state index contributed by atoms with van der Waals surface area (Å²) in [6.07, 6.45) is 8.33. The fraction of sp³-hybridized carbons (Fsp3) is 0.393. The summed E-state index contributed by atoms with van der Waals surface area (Å²) in [6.45, 7) is 8.81. The van der Waals surface area contributed by atoms with Gasteiger partial charge in [0.05, 0.1) is 12.3 Å². The molecule has 3 aliphatic rings. The number of halogens is 2. The number of aromatic nitrogens is 2.